The van der Waals surface area contributed by atoms with Crippen molar-refractivity contribution in [3.63, 3.8) is 0 Å². The molecule has 0 saturated carbocycles. The summed E-state index contributed by atoms with van der Waals surface area (Å²) in [6.45, 7) is 2.07. The van der Waals surface area contributed by atoms with Gasteiger partial charge in [-0.15, -0.1) is 0 Å². The molecule has 134 valence electrons. The average Bonchev–Trinajstić information content (AvgIpc) is 3.03. The number of para-hydroxylation sites is 1. The van der Waals surface area contributed by atoms with Gasteiger partial charge in [-0.3, -0.25) is 4.79 Å². The van der Waals surface area contributed by atoms with Crippen molar-refractivity contribution in [1.29, 1.82) is 0 Å². The number of halogens is 1. The summed E-state index contributed by atoms with van der Waals surface area (Å²) < 4.78 is 29.0. The van der Waals surface area contributed by atoms with E-state index in [1.165, 1.54) is 24.3 Å². The van der Waals surface area contributed by atoms with Crippen LogP contribution in [0.5, 0.6) is 0 Å². The lowest BCUT2D eigenvalue weighted by molar-refractivity contribution is 0.0439. The van der Waals surface area contributed by atoms with Gasteiger partial charge in [-0.2, -0.15) is 0 Å². The number of furan rings is 1. The standard InChI is InChI=1S/C20H17FO5/c1-2-24-11-16-15-5-3-4-6-18(15)26-19(16)20(23)25-12-17(22)13-7-9-14(21)10-8-13/h3-10H,2,11-12H2,1H3. The van der Waals surface area contributed by atoms with E-state index in [0.29, 0.717) is 17.8 Å². The average molecular weight is 356 g/mol. The molecule has 0 atom stereocenters. The Bertz CT molecular complexity index is 927. The lowest BCUT2D eigenvalue weighted by Gasteiger charge is -2.05. The van der Waals surface area contributed by atoms with Gasteiger partial charge in [-0.05, 0) is 37.3 Å². The molecule has 1 aromatic heterocycles. The van der Waals surface area contributed by atoms with E-state index in [1.54, 1.807) is 12.1 Å². The van der Waals surface area contributed by atoms with Crippen LogP contribution < -0.4 is 0 Å². The highest BCUT2D eigenvalue weighted by Crippen LogP contribution is 2.27. The zero-order chi connectivity index (χ0) is 18.5. The molecule has 0 aliphatic heterocycles. The van der Waals surface area contributed by atoms with Crippen LogP contribution >= 0.6 is 0 Å². The van der Waals surface area contributed by atoms with Crippen LogP contribution in [0.4, 0.5) is 4.39 Å². The van der Waals surface area contributed by atoms with Gasteiger partial charge in [-0.25, -0.2) is 9.18 Å². The van der Waals surface area contributed by atoms with Gasteiger partial charge in [0.2, 0.25) is 5.76 Å². The summed E-state index contributed by atoms with van der Waals surface area (Å²) in [5, 5.41) is 0.762. The second-order valence-electron chi connectivity index (χ2n) is 5.55. The van der Waals surface area contributed by atoms with Crippen molar-refractivity contribution in [3.8, 4) is 0 Å². The van der Waals surface area contributed by atoms with E-state index in [-0.39, 0.29) is 17.9 Å². The number of ether oxygens (including phenoxy) is 2. The Hall–Kier alpha value is -2.99. The Morgan fingerprint density at radius 2 is 1.81 bits per heavy atom. The molecule has 2 aromatic carbocycles. The molecule has 3 aromatic rings. The predicted octanol–water partition coefficient (Wildman–Crippen LogP) is 4.15. The third kappa shape index (κ3) is 3.81. The van der Waals surface area contributed by atoms with Crippen LogP contribution in [-0.2, 0) is 16.1 Å². The Kier molecular flexibility index (Phi) is 5.43. The van der Waals surface area contributed by atoms with E-state index in [1.807, 2.05) is 19.1 Å². The Balaban J connectivity index is 1.76. The minimum atomic E-state index is -0.744. The van der Waals surface area contributed by atoms with Crippen molar-refractivity contribution < 1.29 is 27.9 Å². The van der Waals surface area contributed by atoms with Crippen LogP contribution in [0.1, 0.15) is 33.4 Å². The number of carbonyl (C=O) groups is 2. The summed E-state index contributed by atoms with van der Waals surface area (Å²) in [4.78, 5) is 24.5. The molecule has 0 saturated heterocycles. The smallest absolute Gasteiger partial charge is 0.375 e. The number of fused-ring (bicyclic) bond motifs is 1. The van der Waals surface area contributed by atoms with Crippen LogP contribution in [0.2, 0.25) is 0 Å². The molecule has 0 aliphatic carbocycles. The number of hydrogen-bond acceptors (Lipinski definition) is 5. The van der Waals surface area contributed by atoms with Gasteiger partial charge in [0, 0.05) is 23.1 Å². The van der Waals surface area contributed by atoms with Gasteiger partial charge < -0.3 is 13.9 Å². The molecule has 6 heteroatoms. The van der Waals surface area contributed by atoms with E-state index >= 15 is 0 Å². The molecular formula is C20H17FO5. The van der Waals surface area contributed by atoms with Crippen molar-refractivity contribution in [2.75, 3.05) is 13.2 Å². The summed E-state index contributed by atoms with van der Waals surface area (Å²) in [6.07, 6.45) is 0. The van der Waals surface area contributed by atoms with E-state index in [9.17, 15) is 14.0 Å². The molecule has 1 heterocycles. The maximum Gasteiger partial charge on any atom is 0.375 e. The van der Waals surface area contributed by atoms with Gasteiger partial charge >= 0.3 is 5.97 Å². The number of benzene rings is 2. The second kappa shape index (κ2) is 7.93. The van der Waals surface area contributed by atoms with Gasteiger partial charge in [0.25, 0.3) is 0 Å². The van der Waals surface area contributed by atoms with Crippen LogP contribution in [0.15, 0.2) is 52.9 Å². The number of rotatable bonds is 7. The fraction of sp³-hybridized carbons (Fsp3) is 0.200. The first-order chi connectivity index (χ1) is 12.6. The molecule has 0 spiro atoms. The molecule has 0 aliphatic rings. The van der Waals surface area contributed by atoms with Crippen LogP contribution in [0.25, 0.3) is 11.0 Å². The summed E-state index contributed by atoms with van der Waals surface area (Å²) in [5.74, 6) is -1.60. The predicted molar refractivity (Wildman–Crippen MR) is 92.6 cm³/mol. The van der Waals surface area contributed by atoms with Crippen LogP contribution in [0, 0.1) is 5.82 Å². The first-order valence-electron chi connectivity index (χ1n) is 8.14. The highest BCUT2D eigenvalue weighted by Gasteiger charge is 2.22. The molecule has 26 heavy (non-hydrogen) atoms. The number of ketones is 1. The van der Waals surface area contributed by atoms with E-state index in [0.717, 1.165) is 5.39 Å². The van der Waals surface area contributed by atoms with Crippen molar-refractivity contribution >= 4 is 22.7 Å². The Morgan fingerprint density at radius 1 is 1.08 bits per heavy atom. The van der Waals surface area contributed by atoms with E-state index < -0.39 is 24.2 Å². The summed E-state index contributed by atoms with van der Waals surface area (Å²) >= 11 is 0. The number of carbonyl (C=O) groups excluding carboxylic acids is 2. The maximum atomic E-state index is 12.9. The number of hydrogen-bond donors (Lipinski definition) is 0. The van der Waals surface area contributed by atoms with Gasteiger partial charge in [0.15, 0.2) is 12.4 Å². The fourth-order valence-corrected chi connectivity index (χ4v) is 2.53. The number of esters is 1. The molecule has 0 fully saturated rings. The second-order valence-corrected chi connectivity index (χ2v) is 5.55. The van der Waals surface area contributed by atoms with E-state index in [2.05, 4.69) is 0 Å². The zero-order valence-corrected chi connectivity index (χ0v) is 14.2. The lowest BCUT2D eigenvalue weighted by Crippen LogP contribution is -2.15. The monoisotopic (exact) mass is 356 g/mol. The first kappa shape index (κ1) is 17.8. The maximum absolute atomic E-state index is 12.9. The van der Waals surface area contributed by atoms with Crippen molar-refractivity contribution in [2.24, 2.45) is 0 Å². The zero-order valence-electron chi connectivity index (χ0n) is 14.2. The van der Waals surface area contributed by atoms with Crippen molar-refractivity contribution in [3.05, 3.63) is 71.2 Å². The third-order valence-electron chi connectivity index (χ3n) is 3.83. The lowest BCUT2D eigenvalue weighted by atomic mass is 10.1. The quantitative estimate of drug-likeness (QED) is 0.470. The molecule has 3 rings (SSSR count). The molecule has 0 amide bonds. The van der Waals surface area contributed by atoms with Crippen LogP contribution in [0.3, 0.4) is 0 Å². The molecule has 0 radical (unpaired) electrons. The van der Waals surface area contributed by atoms with Gasteiger partial charge in [0.1, 0.15) is 11.4 Å². The highest BCUT2D eigenvalue weighted by atomic mass is 19.1. The summed E-state index contributed by atoms with van der Waals surface area (Å²) in [5.41, 5.74) is 1.39. The molecule has 0 N–H and O–H groups in total. The topological polar surface area (TPSA) is 65.7 Å². The minimum absolute atomic E-state index is 0.0200. The SMILES string of the molecule is CCOCc1c(C(=O)OCC(=O)c2ccc(F)cc2)oc2ccccc12. The van der Waals surface area contributed by atoms with Gasteiger partial charge in [0.05, 0.1) is 6.61 Å². The third-order valence-corrected chi connectivity index (χ3v) is 3.83. The normalized spacial score (nSPS) is 10.8. The largest absolute Gasteiger partial charge is 0.451 e. The summed E-state index contributed by atoms with van der Waals surface area (Å²) in [6, 6.07) is 12.2. The van der Waals surface area contributed by atoms with Crippen molar-refractivity contribution in [2.45, 2.75) is 13.5 Å². The molecule has 0 unspecified atom stereocenters. The van der Waals surface area contributed by atoms with E-state index in [4.69, 9.17) is 13.9 Å². The molecule has 5 nitrogen and oxygen atoms in total. The summed E-state index contributed by atoms with van der Waals surface area (Å²) in [7, 11) is 0. The van der Waals surface area contributed by atoms with Crippen LogP contribution in [-0.4, -0.2) is 25.0 Å². The first-order valence-corrected chi connectivity index (χ1v) is 8.14. The fourth-order valence-electron chi connectivity index (χ4n) is 2.53. The molecular weight excluding hydrogens is 339 g/mol. The highest BCUT2D eigenvalue weighted by molar-refractivity contribution is 6.00. The minimum Gasteiger partial charge on any atom is -0.451 e. The Labute approximate surface area is 149 Å². The molecule has 0 bridgehead atoms. The van der Waals surface area contributed by atoms with Gasteiger partial charge in [-0.1, -0.05) is 18.2 Å². The number of Topliss-reactive ketones (excluding diaryl/α,β-unsaturated/α-hetero) is 1. The van der Waals surface area contributed by atoms with Crippen molar-refractivity contribution in [1.82, 2.24) is 0 Å². The Morgan fingerprint density at radius 3 is 2.54 bits per heavy atom.